The van der Waals surface area contributed by atoms with E-state index in [1.807, 2.05) is 26.2 Å². The topological polar surface area (TPSA) is 156 Å². The number of nitrogens with zero attached hydrogens (tertiary/aromatic N) is 3. The van der Waals surface area contributed by atoms with Crippen molar-refractivity contribution in [3.05, 3.63) is 22.1 Å². The van der Waals surface area contributed by atoms with Crippen molar-refractivity contribution in [2.75, 3.05) is 63.2 Å². The third-order valence-corrected chi connectivity index (χ3v) is 6.43. The van der Waals surface area contributed by atoms with Gasteiger partial charge in [-0.25, -0.2) is 19.6 Å². The SMILES string of the molecule is C1COCCN1.CC(C)(C)OC(=O)Nc1nc(CN2CCOCC2)cs1.CC(C)(C)OC(=O)Nc1nc(CO)cs1. The molecule has 2 aliphatic heterocycles. The summed E-state index contributed by atoms with van der Waals surface area (Å²) in [6.45, 7) is 18.7. The monoisotopic (exact) mass is 616 g/mol. The fourth-order valence-electron chi connectivity index (χ4n) is 3.16. The first-order chi connectivity index (χ1) is 19.3. The maximum Gasteiger partial charge on any atom is 0.413 e. The summed E-state index contributed by atoms with van der Waals surface area (Å²) >= 11 is 2.66. The molecule has 2 aliphatic rings. The lowest BCUT2D eigenvalue weighted by molar-refractivity contribution is 0.0337. The summed E-state index contributed by atoms with van der Waals surface area (Å²) in [6, 6.07) is 0. The van der Waals surface area contributed by atoms with Crippen LogP contribution in [0.25, 0.3) is 0 Å². The van der Waals surface area contributed by atoms with Crippen molar-refractivity contribution in [1.29, 1.82) is 0 Å². The number of aromatic nitrogens is 2. The van der Waals surface area contributed by atoms with Gasteiger partial charge in [0.1, 0.15) is 11.2 Å². The molecule has 2 aromatic heterocycles. The second-order valence-corrected chi connectivity index (χ2v) is 12.7. The molecule has 0 spiro atoms. The van der Waals surface area contributed by atoms with E-state index in [-0.39, 0.29) is 6.61 Å². The smallest absolute Gasteiger partial charge is 0.413 e. The molecular weight excluding hydrogens is 572 g/mol. The van der Waals surface area contributed by atoms with E-state index in [1.54, 1.807) is 26.2 Å². The molecule has 0 atom stereocenters. The average molecular weight is 617 g/mol. The van der Waals surface area contributed by atoms with Crippen molar-refractivity contribution in [3.8, 4) is 0 Å². The number of aliphatic hydroxyl groups excluding tert-OH is 1. The number of aliphatic hydroxyl groups is 1. The van der Waals surface area contributed by atoms with Crippen LogP contribution < -0.4 is 16.0 Å². The molecule has 4 N–H and O–H groups in total. The molecular formula is C26H44N6O7S2. The second kappa shape index (κ2) is 17.5. The van der Waals surface area contributed by atoms with Crippen LogP contribution in [0.1, 0.15) is 52.9 Å². The van der Waals surface area contributed by atoms with Crippen LogP contribution in [0, 0.1) is 0 Å². The van der Waals surface area contributed by atoms with Gasteiger partial charge in [-0.2, -0.15) is 0 Å². The van der Waals surface area contributed by atoms with Gasteiger partial charge in [-0.05, 0) is 41.5 Å². The summed E-state index contributed by atoms with van der Waals surface area (Å²) < 4.78 is 20.5. The maximum atomic E-state index is 11.6. The van der Waals surface area contributed by atoms with E-state index in [2.05, 4.69) is 30.8 Å². The molecule has 0 aromatic carbocycles. The number of rotatable bonds is 5. The first-order valence-corrected chi connectivity index (χ1v) is 15.2. The Morgan fingerprint density at radius 3 is 1.73 bits per heavy atom. The number of nitrogens with one attached hydrogen (secondary N) is 3. The minimum atomic E-state index is -0.540. The third kappa shape index (κ3) is 16.6. The molecule has 13 nitrogen and oxygen atoms in total. The Bertz CT molecular complexity index is 1030. The van der Waals surface area contributed by atoms with Crippen molar-refractivity contribution in [3.63, 3.8) is 0 Å². The molecule has 4 heterocycles. The van der Waals surface area contributed by atoms with Crippen molar-refractivity contribution in [1.82, 2.24) is 20.2 Å². The van der Waals surface area contributed by atoms with Crippen molar-refractivity contribution < 1.29 is 33.6 Å². The normalized spacial score (nSPS) is 15.9. The Kier molecular flexibility index (Phi) is 14.9. The minimum Gasteiger partial charge on any atom is -0.444 e. The van der Waals surface area contributed by atoms with E-state index in [0.717, 1.165) is 64.8 Å². The summed E-state index contributed by atoms with van der Waals surface area (Å²) in [5.74, 6) is 0. The molecule has 0 aliphatic carbocycles. The Hall–Kier alpha value is -2.40. The summed E-state index contributed by atoms with van der Waals surface area (Å²) in [4.78, 5) is 33.6. The predicted molar refractivity (Wildman–Crippen MR) is 160 cm³/mol. The first kappa shape index (κ1) is 34.8. The lowest BCUT2D eigenvalue weighted by Crippen LogP contribution is -2.35. The van der Waals surface area contributed by atoms with E-state index in [1.165, 1.54) is 22.7 Å². The largest absolute Gasteiger partial charge is 0.444 e. The second-order valence-electron chi connectivity index (χ2n) is 11.0. The molecule has 2 saturated heterocycles. The Morgan fingerprint density at radius 1 is 0.878 bits per heavy atom. The molecule has 15 heteroatoms. The molecule has 41 heavy (non-hydrogen) atoms. The van der Waals surface area contributed by atoms with Crippen LogP contribution in [0.3, 0.4) is 0 Å². The highest BCUT2D eigenvalue weighted by Crippen LogP contribution is 2.19. The standard InChI is InChI=1S/C13H21N3O3S.C9H14N2O3S.C4H9NO/c1-13(2,3)19-12(17)15-11-14-10(9-20-11)8-16-4-6-18-7-5-16;1-9(2,3)14-8(13)11-7-10-6(4-12)5-15-7;1-3-6-4-2-5-1/h9H,4-8H2,1-3H3,(H,14,15,17);5,12H,4H2,1-3H3,(H,10,11,13);5H,1-4H2. The molecule has 2 amide bonds. The van der Waals surface area contributed by atoms with Gasteiger partial charge in [0.15, 0.2) is 10.3 Å². The van der Waals surface area contributed by atoms with Gasteiger partial charge in [0.25, 0.3) is 0 Å². The molecule has 2 fully saturated rings. The van der Waals surface area contributed by atoms with Crippen LogP contribution in [0.2, 0.25) is 0 Å². The van der Waals surface area contributed by atoms with E-state index < -0.39 is 23.4 Å². The predicted octanol–water partition coefficient (Wildman–Crippen LogP) is 3.91. The third-order valence-electron chi connectivity index (χ3n) is 4.82. The number of morpholine rings is 2. The Morgan fingerprint density at radius 2 is 1.34 bits per heavy atom. The van der Waals surface area contributed by atoms with Gasteiger partial charge < -0.3 is 29.4 Å². The molecule has 232 valence electrons. The highest BCUT2D eigenvalue weighted by Gasteiger charge is 2.19. The maximum absolute atomic E-state index is 11.6. The number of carbonyl (C=O) groups is 2. The number of hydrogen-bond donors (Lipinski definition) is 4. The number of carbonyl (C=O) groups excluding carboxylic acids is 2. The summed E-state index contributed by atoms with van der Waals surface area (Å²) in [5.41, 5.74) is 0.466. The van der Waals surface area contributed by atoms with Gasteiger partial charge in [0, 0.05) is 43.5 Å². The lowest BCUT2D eigenvalue weighted by atomic mass is 10.2. The van der Waals surface area contributed by atoms with Crippen LogP contribution in [-0.2, 0) is 32.1 Å². The zero-order valence-electron chi connectivity index (χ0n) is 24.8. The van der Waals surface area contributed by atoms with Gasteiger partial charge in [-0.3, -0.25) is 15.5 Å². The number of ether oxygens (including phenoxy) is 4. The minimum absolute atomic E-state index is 0.132. The summed E-state index contributed by atoms with van der Waals surface area (Å²) in [5, 5.41) is 21.7. The summed E-state index contributed by atoms with van der Waals surface area (Å²) in [6.07, 6.45) is -1.01. The lowest BCUT2D eigenvalue weighted by Gasteiger charge is -2.25. The molecule has 0 unspecified atom stereocenters. The molecule has 4 rings (SSSR count). The Labute approximate surface area is 249 Å². The Balaban J connectivity index is 0.000000245. The van der Waals surface area contributed by atoms with E-state index >= 15 is 0 Å². The number of hydrogen-bond acceptors (Lipinski definition) is 13. The zero-order chi connectivity index (χ0) is 30.3. The van der Waals surface area contributed by atoms with Gasteiger partial charge >= 0.3 is 12.2 Å². The van der Waals surface area contributed by atoms with Gasteiger partial charge in [0.2, 0.25) is 0 Å². The van der Waals surface area contributed by atoms with Gasteiger partial charge in [0.05, 0.1) is 44.4 Å². The highest BCUT2D eigenvalue weighted by molar-refractivity contribution is 7.14. The number of anilines is 2. The molecule has 0 radical (unpaired) electrons. The molecule has 2 aromatic rings. The average Bonchev–Trinajstić information content (AvgIpc) is 3.53. The van der Waals surface area contributed by atoms with Gasteiger partial charge in [-0.15, -0.1) is 22.7 Å². The molecule has 0 saturated carbocycles. The number of amides is 2. The van der Waals surface area contributed by atoms with E-state index in [4.69, 9.17) is 24.1 Å². The van der Waals surface area contributed by atoms with Crippen molar-refractivity contribution in [2.24, 2.45) is 0 Å². The van der Waals surface area contributed by atoms with Crippen LogP contribution in [0.4, 0.5) is 19.9 Å². The fourth-order valence-corrected chi connectivity index (χ4v) is 4.53. The molecule has 0 bridgehead atoms. The van der Waals surface area contributed by atoms with Crippen LogP contribution >= 0.6 is 22.7 Å². The van der Waals surface area contributed by atoms with Gasteiger partial charge in [-0.1, -0.05) is 0 Å². The fraction of sp³-hybridized carbons (Fsp3) is 0.692. The highest BCUT2D eigenvalue weighted by atomic mass is 32.1. The quantitative estimate of drug-likeness (QED) is 0.386. The van der Waals surface area contributed by atoms with Crippen molar-refractivity contribution >= 4 is 45.1 Å². The van der Waals surface area contributed by atoms with E-state index in [0.29, 0.717) is 16.0 Å². The number of thiazole rings is 2. The first-order valence-electron chi connectivity index (χ1n) is 13.4. The van der Waals surface area contributed by atoms with Crippen LogP contribution in [0.15, 0.2) is 10.8 Å². The van der Waals surface area contributed by atoms with E-state index in [9.17, 15) is 9.59 Å². The van der Waals surface area contributed by atoms with Crippen molar-refractivity contribution in [2.45, 2.75) is 65.9 Å². The van der Waals surface area contributed by atoms with Crippen LogP contribution in [0.5, 0.6) is 0 Å². The van der Waals surface area contributed by atoms with Crippen LogP contribution in [-0.4, -0.2) is 96.0 Å². The zero-order valence-corrected chi connectivity index (χ0v) is 26.4. The summed E-state index contributed by atoms with van der Waals surface area (Å²) in [7, 11) is 0.